The Kier molecular flexibility index (Phi) is 6.84. The number of nitrogens with zero attached hydrogens (tertiary/aromatic N) is 3. The molecule has 1 fully saturated rings. The molecule has 2 amide bonds. The van der Waals surface area contributed by atoms with Gasteiger partial charge in [0.25, 0.3) is 0 Å². The van der Waals surface area contributed by atoms with Gasteiger partial charge in [0.05, 0.1) is 31.5 Å². The van der Waals surface area contributed by atoms with E-state index >= 15 is 0 Å². The van der Waals surface area contributed by atoms with Crippen molar-refractivity contribution in [3.8, 4) is 0 Å². The van der Waals surface area contributed by atoms with Gasteiger partial charge < -0.3 is 15.4 Å². The zero-order chi connectivity index (χ0) is 18.9. The van der Waals surface area contributed by atoms with Gasteiger partial charge in [0.2, 0.25) is 0 Å². The number of rotatable bonds is 6. The van der Waals surface area contributed by atoms with Crippen molar-refractivity contribution in [2.75, 3.05) is 32.8 Å². The summed E-state index contributed by atoms with van der Waals surface area (Å²) in [6, 6.07) is 9.19. The summed E-state index contributed by atoms with van der Waals surface area (Å²) >= 11 is 0. The van der Waals surface area contributed by atoms with Crippen molar-refractivity contribution in [3.63, 3.8) is 0 Å². The van der Waals surface area contributed by atoms with Gasteiger partial charge in [0, 0.05) is 38.2 Å². The van der Waals surface area contributed by atoms with Crippen LogP contribution >= 0.6 is 0 Å². The number of ether oxygens (including phenoxy) is 1. The lowest BCUT2D eigenvalue weighted by atomic mass is 10.1. The van der Waals surface area contributed by atoms with Crippen molar-refractivity contribution in [1.82, 2.24) is 25.5 Å². The Morgan fingerprint density at radius 3 is 2.59 bits per heavy atom. The molecule has 1 atom stereocenters. The van der Waals surface area contributed by atoms with Gasteiger partial charge in [-0.2, -0.15) is 0 Å². The van der Waals surface area contributed by atoms with E-state index in [1.165, 1.54) is 0 Å². The monoisotopic (exact) mass is 369 g/mol. The highest BCUT2D eigenvalue weighted by Crippen LogP contribution is 2.20. The molecule has 8 heteroatoms. The summed E-state index contributed by atoms with van der Waals surface area (Å²) in [7, 11) is 0. The maximum atomic E-state index is 12.2. The summed E-state index contributed by atoms with van der Waals surface area (Å²) in [5, 5.41) is 5.32. The Hall–Kier alpha value is -2.84. The topological polar surface area (TPSA) is 96.5 Å². The molecule has 1 aliphatic heterocycles. The first-order chi connectivity index (χ1) is 13.2. The van der Waals surface area contributed by atoms with E-state index in [1.54, 1.807) is 30.7 Å². The van der Waals surface area contributed by atoms with Crippen molar-refractivity contribution in [1.29, 1.82) is 0 Å². The number of hydrogen-bond donors (Lipinski definition) is 2. The molecule has 3 heterocycles. The second kappa shape index (κ2) is 9.75. The van der Waals surface area contributed by atoms with E-state index < -0.39 is 11.8 Å². The van der Waals surface area contributed by atoms with Crippen LogP contribution in [0.5, 0.6) is 0 Å². The Bertz CT molecular complexity index is 736. The van der Waals surface area contributed by atoms with E-state index in [0.29, 0.717) is 25.5 Å². The Balaban J connectivity index is 1.55. The molecule has 2 aromatic heterocycles. The molecule has 3 rings (SSSR count). The number of pyridine rings is 2. The third-order valence-corrected chi connectivity index (χ3v) is 4.37. The lowest BCUT2D eigenvalue weighted by molar-refractivity contribution is -0.139. The van der Waals surface area contributed by atoms with Gasteiger partial charge in [0.1, 0.15) is 0 Å². The summed E-state index contributed by atoms with van der Waals surface area (Å²) < 4.78 is 5.41. The quantitative estimate of drug-likeness (QED) is 0.710. The molecule has 142 valence electrons. The zero-order valence-corrected chi connectivity index (χ0v) is 15.0. The number of hydrogen-bond acceptors (Lipinski definition) is 6. The SMILES string of the molecule is O=C(NCc1ccccn1)C(=O)NC[C@H](c1cccnc1)N1CCOCC1. The summed E-state index contributed by atoms with van der Waals surface area (Å²) in [5.74, 6) is -1.33. The molecule has 8 nitrogen and oxygen atoms in total. The van der Waals surface area contributed by atoms with Crippen molar-refractivity contribution < 1.29 is 14.3 Å². The van der Waals surface area contributed by atoms with Gasteiger partial charge in [-0.25, -0.2) is 0 Å². The molecule has 0 bridgehead atoms. The van der Waals surface area contributed by atoms with Crippen LogP contribution in [0, 0.1) is 0 Å². The Labute approximate surface area is 158 Å². The van der Waals surface area contributed by atoms with Gasteiger partial charge in [-0.15, -0.1) is 0 Å². The summed E-state index contributed by atoms with van der Waals surface area (Å²) in [5.41, 5.74) is 1.69. The van der Waals surface area contributed by atoms with Crippen LogP contribution < -0.4 is 10.6 Å². The van der Waals surface area contributed by atoms with Crippen LogP contribution in [-0.2, 0) is 20.9 Å². The fraction of sp³-hybridized carbons (Fsp3) is 0.368. The van der Waals surface area contributed by atoms with Crippen LogP contribution in [0.25, 0.3) is 0 Å². The van der Waals surface area contributed by atoms with Crippen molar-refractivity contribution in [2.24, 2.45) is 0 Å². The van der Waals surface area contributed by atoms with Crippen molar-refractivity contribution in [3.05, 3.63) is 60.2 Å². The molecule has 0 aliphatic carbocycles. The largest absolute Gasteiger partial charge is 0.379 e. The van der Waals surface area contributed by atoms with Gasteiger partial charge in [0.15, 0.2) is 0 Å². The van der Waals surface area contributed by atoms with Crippen LogP contribution in [0.1, 0.15) is 17.3 Å². The number of amides is 2. The number of aromatic nitrogens is 2. The molecule has 27 heavy (non-hydrogen) atoms. The summed E-state index contributed by atoms with van der Waals surface area (Å²) in [4.78, 5) is 34.7. The molecule has 0 aromatic carbocycles. The van der Waals surface area contributed by atoms with Crippen LogP contribution in [0.2, 0.25) is 0 Å². The van der Waals surface area contributed by atoms with Gasteiger partial charge >= 0.3 is 11.8 Å². The van der Waals surface area contributed by atoms with E-state index in [-0.39, 0.29) is 12.6 Å². The van der Waals surface area contributed by atoms with Gasteiger partial charge in [-0.1, -0.05) is 12.1 Å². The van der Waals surface area contributed by atoms with E-state index in [9.17, 15) is 9.59 Å². The number of morpholine rings is 1. The summed E-state index contributed by atoms with van der Waals surface area (Å²) in [6.07, 6.45) is 5.14. The number of nitrogens with one attached hydrogen (secondary N) is 2. The lowest BCUT2D eigenvalue weighted by Crippen LogP contribution is -2.46. The van der Waals surface area contributed by atoms with E-state index in [0.717, 1.165) is 18.7 Å². The van der Waals surface area contributed by atoms with E-state index in [4.69, 9.17) is 4.74 Å². The Morgan fingerprint density at radius 1 is 1.07 bits per heavy atom. The van der Waals surface area contributed by atoms with Crippen LogP contribution in [0.4, 0.5) is 0 Å². The molecular weight excluding hydrogens is 346 g/mol. The second-order valence-corrected chi connectivity index (χ2v) is 6.16. The van der Waals surface area contributed by atoms with Crippen LogP contribution in [0.3, 0.4) is 0 Å². The van der Waals surface area contributed by atoms with Crippen molar-refractivity contribution in [2.45, 2.75) is 12.6 Å². The molecule has 0 spiro atoms. The highest BCUT2D eigenvalue weighted by atomic mass is 16.5. The highest BCUT2D eigenvalue weighted by Gasteiger charge is 2.24. The third-order valence-electron chi connectivity index (χ3n) is 4.37. The first kappa shape index (κ1) is 18.9. The molecule has 1 saturated heterocycles. The third kappa shape index (κ3) is 5.57. The maximum absolute atomic E-state index is 12.2. The maximum Gasteiger partial charge on any atom is 0.309 e. The average molecular weight is 369 g/mol. The predicted octanol–water partition coefficient (Wildman–Crippen LogP) is 0.283. The number of carbonyl (C=O) groups is 2. The molecule has 0 unspecified atom stereocenters. The zero-order valence-electron chi connectivity index (χ0n) is 15.0. The fourth-order valence-corrected chi connectivity index (χ4v) is 2.94. The van der Waals surface area contributed by atoms with Crippen LogP contribution in [-0.4, -0.2) is 59.5 Å². The molecule has 2 aromatic rings. The first-order valence-corrected chi connectivity index (χ1v) is 8.91. The normalized spacial score (nSPS) is 15.7. The van der Waals surface area contributed by atoms with Crippen LogP contribution in [0.15, 0.2) is 48.9 Å². The highest BCUT2D eigenvalue weighted by molar-refractivity contribution is 6.35. The molecular formula is C19H23N5O3. The Morgan fingerprint density at radius 2 is 1.89 bits per heavy atom. The molecule has 1 aliphatic rings. The molecule has 0 radical (unpaired) electrons. The minimum atomic E-state index is -0.674. The lowest BCUT2D eigenvalue weighted by Gasteiger charge is -2.34. The smallest absolute Gasteiger partial charge is 0.309 e. The standard InChI is InChI=1S/C19H23N5O3/c25-18(22-13-16-5-1-2-7-21-16)19(26)23-14-17(15-4-3-6-20-12-15)24-8-10-27-11-9-24/h1-7,12,17H,8-11,13-14H2,(H,22,25)(H,23,26)/t17-/m1/s1. The van der Waals surface area contributed by atoms with Crippen molar-refractivity contribution >= 4 is 11.8 Å². The molecule has 2 N–H and O–H groups in total. The minimum Gasteiger partial charge on any atom is -0.379 e. The van der Waals surface area contributed by atoms with E-state index in [1.807, 2.05) is 18.2 Å². The van der Waals surface area contributed by atoms with Gasteiger partial charge in [-0.3, -0.25) is 24.5 Å². The minimum absolute atomic E-state index is 0.0601. The first-order valence-electron chi connectivity index (χ1n) is 8.91. The fourth-order valence-electron chi connectivity index (χ4n) is 2.94. The summed E-state index contributed by atoms with van der Waals surface area (Å²) in [6.45, 7) is 3.36. The predicted molar refractivity (Wildman–Crippen MR) is 98.5 cm³/mol. The number of carbonyl (C=O) groups excluding carboxylic acids is 2. The van der Waals surface area contributed by atoms with Gasteiger partial charge in [-0.05, 0) is 23.8 Å². The second-order valence-electron chi connectivity index (χ2n) is 6.16. The average Bonchev–Trinajstić information content (AvgIpc) is 2.74. The van der Waals surface area contributed by atoms with E-state index in [2.05, 4.69) is 25.5 Å². The molecule has 0 saturated carbocycles.